The maximum Gasteiger partial charge on any atom is 0.262 e. The van der Waals surface area contributed by atoms with Crippen molar-refractivity contribution in [3.63, 3.8) is 0 Å². The second kappa shape index (κ2) is 10.6. The van der Waals surface area contributed by atoms with Gasteiger partial charge in [0.1, 0.15) is 5.75 Å². The Balaban J connectivity index is 1.49. The molecule has 2 amide bonds. The number of anilines is 2. The number of halogens is 1. The van der Waals surface area contributed by atoms with Crippen molar-refractivity contribution in [3.8, 4) is 5.75 Å². The summed E-state index contributed by atoms with van der Waals surface area (Å²) in [5.41, 5.74) is 3.44. The molecule has 0 saturated carbocycles. The molecule has 0 aliphatic heterocycles. The van der Waals surface area contributed by atoms with E-state index in [0.717, 1.165) is 15.6 Å². The molecule has 30 heavy (non-hydrogen) atoms. The number of hydrogen-bond acceptors (Lipinski definition) is 3. The molecular weight excluding hydrogens is 444 g/mol. The molecule has 2 N–H and O–H groups in total. The molecule has 6 heteroatoms. The fourth-order valence-corrected chi connectivity index (χ4v) is 3.47. The largest absolute Gasteiger partial charge is 0.483 e. The minimum Gasteiger partial charge on any atom is -0.483 e. The van der Waals surface area contributed by atoms with Crippen LogP contribution in [0.25, 0.3) is 0 Å². The summed E-state index contributed by atoms with van der Waals surface area (Å²) in [5, 5.41) is 5.65. The maximum atomic E-state index is 12.2. The van der Waals surface area contributed by atoms with Crippen LogP contribution in [0, 0.1) is 6.92 Å². The van der Waals surface area contributed by atoms with E-state index in [2.05, 4.69) is 26.6 Å². The van der Waals surface area contributed by atoms with E-state index in [1.165, 1.54) is 0 Å². The van der Waals surface area contributed by atoms with Gasteiger partial charge < -0.3 is 15.4 Å². The molecule has 0 fully saturated rings. The van der Waals surface area contributed by atoms with Gasteiger partial charge in [-0.2, -0.15) is 0 Å². The average molecular weight is 467 g/mol. The summed E-state index contributed by atoms with van der Waals surface area (Å²) in [6, 6.07) is 22.6. The number of amides is 2. The minimum absolute atomic E-state index is 0.0742. The van der Waals surface area contributed by atoms with Crippen LogP contribution in [0.4, 0.5) is 11.4 Å². The summed E-state index contributed by atoms with van der Waals surface area (Å²) in [4.78, 5) is 24.4. The Kier molecular flexibility index (Phi) is 7.63. The topological polar surface area (TPSA) is 67.4 Å². The molecule has 5 nitrogen and oxygen atoms in total. The number of benzene rings is 3. The van der Waals surface area contributed by atoms with E-state index in [9.17, 15) is 9.59 Å². The summed E-state index contributed by atoms with van der Waals surface area (Å²) >= 11 is 3.43. The van der Waals surface area contributed by atoms with Crippen LogP contribution >= 0.6 is 15.9 Å². The predicted octanol–water partition coefficient (Wildman–Crippen LogP) is 5.35. The van der Waals surface area contributed by atoms with Gasteiger partial charge in [-0.05, 0) is 70.7 Å². The van der Waals surface area contributed by atoms with Crippen LogP contribution in [0.5, 0.6) is 5.75 Å². The van der Waals surface area contributed by atoms with Gasteiger partial charge in [-0.1, -0.05) is 42.5 Å². The molecule has 0 bridgehead atoms. The molecule has 0 radical (unpaired) electrons. The van der Waals surface area contributed by atoms with Crippen molar-refractivity contribution in [2.75, 3.05) is 17.2 Å². The molecule has 3 aromatic rings. The monoisotopic (exact) mass is 466 g/mol. The summed E-state index contributed by atoms with van der Waals surface area (Å²) < 4.78 is 6.37. The Hall–Kier alpha value is -3.12. The Morgan fingerprint density at radius 2 is 1.57 bits per heavy atom. The number of aryl methyl sites for hydroxylation is 2. The van der Waals surface area contributed by atoms with E-state index in [1.54, 1.807) is 24.3 Å². The molecule has 0 aliphatic carbocycles. The maximum absolute atomic E-state index is 12.2. The van der Waals surface area contributed by atoms with Gasteiger partial charge in [0.15, 0.2) is 6.61 Å². The van der Waals surface area contributed by atoms with Crippen LogP contribution in [0.3, 0.4) is 0 Å². The van der Waals surface area contributed by atoms with Gasteiger partial charge in [0.2, 0.25) is 5.91 Å². The van der Waals surface area contributed by atoms with Crippen LogP contribution in [0.15, 0.2) is 77.3 Å². The van der Waals surface area contributed by atoms with E-state index >= 15 is 0 Å². The Labute approximate surface area is 184 Å². The first-order valence-electron chi connectivity index (χ1n) is 9.62. The zero-order valence-corrected chi connectivity index (χ0v) is 18.2. The summed E-state index contributed by atoms with van der Waals surface area (Å²) in [7, 11) is 0. The normalized spacial score (nSPS) is 10.3. The molecular formula is C24H23BrN2O3. The molecule has 154 valence electrons. The average Bonchev–Trinajstić information content (AvgIpc) is 2.73. The highest BCUT2D eigenvalue weighted by Crippen LogP contribution is 2.25. The molecule has 0 heterocycles. The van der Waals surface area contributed by atoms with Gasteiger partial charge in [0, 0.05) is 17.8 Å². The number of carbonyl (C=O) groups is 2. The molecule has 3 aromatic carbocycles. The molecule has 0 atom stereocenters. The van der Waals surface area contributed by atoms with Gasteiger partial charge in [-0.25, -0.2) is 0 Å². The second-order valence-electron chi connectivity index (χ2n) is 6.89. The third-order valence-corrected chi connectivity index (χ3v) is 4.98. The Bertz CT molecular complexity index is 1020. The first-order valence-corrected chi connectivity index (χ1v) is 10.4. The van der Waals surface area contributed by atoms with Crippen molar-refractivity contribution in [1.29, 1.82) is 0 Å². The van der Waals surface area contributed by atoms with Gasteiger partial charge in [-0.15, -0.1) is 0 Å². The van der Waals surface area contributed by atoms with Crippen LogP contribution in [-0.2, 0) is 16.0 Å². The zero-order chi connectivity index (χ0) is 21.3. The minimum atomic E-state index is -0.282. The first-order chi connectivity index (χ1) is 14.5. The van der Waals surface area contributed by atoms with E-state index in [-0.39, 0.29) is 18.4 Å². The van der Waals surface area contributed by atoms with Crippen LogP contribution in [0.2, 0.25) is 0 Å². The Morgan fingerprint density at radius 1 is 0.867 bits per heavy atom. The number of ether oxygens (including phenoxy) is 1. The number of hydrogen-bond donors (Lipinski definition) is 2. The number of nitrogens with one attached hydrogen (secondary N) is 2. The van der Waals surface area contributed by atoms with Crippen molar-refractivity contribution >= 4 is 39.1 Å². The first kappa shape index (κ1) is 21.6. The van der Waals surface area contributed by atoms with Crippen LogP contribution in [0.1, 0.15) is 17.5 Å². The lowest BCUT2D eigenvalue weighted by atomic mass is 10.1. The number of carbonyl (C=O) groups excluding carboxylic acids is 2. The highest BCUT2D eigenvalue weighted by atomic mass is 79.9. The smallest absolute Gasteiger partial charge is 0.262 e. The van der Waals surface area contributed by atoms with Crippen LogP contribution in [-0.4, -0.2) is 18.4 Å². The Morgan fingerprint density at radius 3 is 2.27 bits per heavy atom. The van der Waals surface area contributed by atoms with Crippen molar-refractivity contribution in [2.24, 2.45) is 0 Å². The standard InChI is InChI=1S/C24H23BrN2O3/c1-17-10-12-22(21(25)14-17)30-16-24(29)27-20-9-5-8-19(15-20)26-23(28)13-11-18-6-3-2-4-7-18/h2-10,12,14-15H,11,13,16H2,1H3,(H,26,28)(H,27,29). The number of rotatable bonds is 8. The van der Waals surface area contributed by atoms with Gasteiger partial charge in [0.25, 0.3) is 5.91 Å². The lowest BCUT2D eigenvalue weighted by Crippen LogP contribution is -2.20. The van der Waals surface area contributed by atoms with Crippen molar-refractivity contribution in [2.45, 2.75) is 19.8 Å². The molecule has 0 spiro atoms. The highest BCUT2D eigenvalue weighted by Gasteiger charge is 2.08. The SMILES string of the molecule is Cc1ccc(OCC(=O)Nc2cccc(NC(=O)CCc3ccccc3)c2)c(Br)c1. The lowest BCUT2D eigenvalue weighted by molar-refractivity contribution is -0.118. The quantitative estimate of drug-likeness (QED) is 0.470. The molecule has 3 rings (SSSR count). The molecule has 0 unspecified atom stereocenters. The summed E-state index contributed by atoms with van der Waals surface area (Å²) in [6.07, 6.45) is 1.06. The predicted molar refractivity (Wildman–Crippen MR) is 123 cm³/mol. The third-order valence-electron chi connectivity index (χ3n) is 4.36. The van der Waals surface area contributed by atoms with Gasteiger partial charge in [-0.3, -0.25) is 9.59 Å². The van der Waals surface area contributed by atoms with Crippen molar-refractivity contribution in [3.05, 3.63) is 88.4 Å². The zero-order valence-electron chi connectivity index (χ0n) is 16.7. The fourth-order valence-electron chi connectivity index (χ4n) is 2.86. The van der Waals surface area contributed by atoms with E-state index < -0.39 is 0 Å². The summed E-state index contributed by atoms with van der Waals surface area (Å²) in [5.74, 6) is 0.250. The fraction of sp³-hybridized carbons (Fsp3) is 0.167. The highest BCUT2D eigenvalue weighted by molar-refractivity contribution is 9.10. The van der Waals surface area contributed by atoms with Gasteiger partial charge in [0.05, 0.1) is 4.47 Å². The second-order valence-corrected chi connectivity index (χ2v) is 7.74. The third kappa shape index (κ3) is 6.74. The van der Waals surface area contributed by atoms with E-state index in [1.807, 2.05) is 55.5 Å². The van der Waals surface area contributed by atoms with Gasteiger partial charge >= 0.3 is 0 Å². The van der Waals surface area contributed by atoms with E-state index in [0.29, 0.717) is 30.0 Å². The molecule has 0 aromatic heterocycles. The van der Waals surface area contributed by atoms with Crippen LogP contribution < -0.4 is 15.4 Å². The van der Waals surface area contributed by atoms with E-state index in [4.69, 9.17) is 4.74 Å². The van der Waals surface area contributed by atoms with Crippen molar-refractivity contribution < 1.29 is 14.3 Å². The summed E-state index contributed by atoms with van der Waals surface area (Å²) in [6.45, 7) is 1.87. The lowest BCUT2D eigenvalue weighted by Gasteiger charge is -2.11. The molecule has 0 saturated heterocycles. The van der Waals surface area contributed by atoms with Crippen molar-refractivity contribution in [1.82, 2.24) is 0 Å². The molecule has 0 aliphatic rings.